The smallest absolute Gasteiger partial charge is 0.0958 e. The molecule has 0 aromatic carbocycles. The zero-order valence-electron chi connectivity index (χ0n) is 14.3. The highest BCUT2D eigenvalue weighted by Gasteiger charge is 2.69. The van der Waals surface area contributed by atoms with Crippen LogP contribution in [-0.4, -0.2) is 7.11 Å². The van der Waals surface area contributed by atoms with Gasteiger partial charge in [-0.3, -0.25) is 0 Å². The first-order valence-electron chi connectivity index (χ1n) is 9.51. The van der Waals surface area contributed by atoms with Crippen LogP contribution in [0.25, 0.3) is 0 Å². The van der Waals surface area contributed by atoms with Crippen molar-refractivity contribution in [3.05, 3.63) is 23.5 Å². The van der Waals surface area contributed by atoms with E-state index in [1.807, 2.05) is 0 Å². The van der Waals surface area contributed by atoms with Gasteiger partial charge < -0.3 is 4.74 Å². The summed E-state index contributed by atoms with van der Waals surface area (Å²) in [6, 6.07) is 2.72. The minimum Gasteiger partial charge on any atom is -0.501 e. The van der Waals surface area contributed by atoms with Crippen molar-refractivity contribution in [1.82, 2.24) is 0 Å². The average Bonchev–Trinajstić information content (AvgIpc) is 3.28. The lowest BCUT2D eigenvalue weighted by Gasteiger charge is -2.53. The molecular weight excluding hydrogens is 282 g/mol. The Morgan fingerprint density at radius 1 is 1.22 bits per heavy atom. The van der Waals surface area contributed by atoms with E-state index in [1.165, 1.54) is 37.9 Å². The summed E-state index contributed by atoms with van der Waals surface area (Å²) in [5.74, 6) is 6.41. The van der Waals surface area contributed by atoms with E-state index in [0.29, 0.717) is 11.3 Å². The van der Waals surface area contributed by atoms with E-state index in [-0.39, 0.29) is 0 Å². The average molecular weight is 309 g/mol. The van der Waals surface area contributed by atoms with Crippen LogP contribution in [0.15, 0.2) is 23.5 Å². The Bertz CT molecular complexity index is 641. The molecule has 0 aliphatic heterocycles. The molecule has 1 unspecified atom stereocenters. The van der Waals surface area contributed by atoms with Crippen molar-refractivity contribution in [3.8, 4) is 6.07 Å². The maximum atomic E-state index is 9.72. The molecule has 0 aromatic heterocycles. The van der Waals surface area contributed by atoms with E-state index >= 15 is 0 Å². The van der Waals surface area contributed by atoms with E-state index in [9.17, 15) is 5.26 Å². The number of nitriles is 1. The van der Waals surface area contributed by atoms with Crippen LogP contribution in [0.4, 0.5) is 0 Å². The van der Waals surface area contributed by atoms with Crippen LogP contribution in [0.3, 0.4) is 0 Å². The number of hydrogen-bond acceptors (Lipinski definition) is 2. The zero-order chi connectivity index (χ0) is 15.8. The van der Waals surface area contributed by atoms with Gasteiger partial charge in [0.25, 0.3) is 0 Å². The Morgan fingerprint density at radius 2 is 2.09 bits per heavy atom. The molecule has 122 valence electrons. The second-order valence-electron chi connectivity index (χ2n) is 8.97. The molecule has 0 spiro atoms. The number of ether oxygens (including phenoxy) is 1. The quantitative estimate of drug-likeness (QED) is 0.703. The Hall–Kier alpha value is -1.23. The van der Waals surface area contributed by atoms with Gasteiger partial charge in [-0.25, -0.2) is 0 Å². The minimum atomic E-state index is 0.317. The highest BCUT2D eigenvalue weighted by atomic mass is 16.5. The molecule has 0 saturated heterocycles. The molecule has 0 radical (unpaired) electrons. The van der Waals surface area contributed by atoms with Gasteiger partial charge in [-0.2, -0.15) is 5.26 Å². The summed E-state index contributed by atoms with van der Waals surface area (Å²) < 4.78 is 5.50. The third kappa shape index (κ3) is 1.74. The second-order valence-corrected chi connectivity index (χ2v) is 8.97. The van der Waals surface area contributed by atoms with Crippen LogP contribution in [-0.2, 0) is 4.74 Å². The molecule has 2 nitrogen and oxygen atoms in total. The van der Waals surface area contributed by atoms with Crippen LogP contribution in [0.2, 0.25) is 0 Å². The van der Waals surface area contributed by atoms with E-state index in [1.54, 1.807) is 12.7 Å². The van der Waals surface area contributed by atoms with Gasteiger partial charge in [-0.15, -0.1) is 0 Å². The topological polar surface area (TPSA) is 33.0 Å². The SMILES string of the molecule is COC1=CC2=CC[C@@H]3[C@H](CC[C@]4(C)C(C#N)[C@H]5C[C@H]5[C@@H]34)[C@H]2CC1. The van der Waals surface area contributed by atoms with Gasteiger partial charge in [0.15, 0.2) is 0 Å². The number of nitrogens with zero attached hydrogens (tertiary/aromatic N) is 1. The molecular formula is C21H27NO. The minimum absolute atomic E-state index is 0.317. The van der Waals surface area contributed by atoms with Crippen LogP contribution < -0.4 is 0 Å². The molecule has 5 rings (SSSR count). The molecule has 3 saturated carbocycles. The van der Waals surface area contributed by atoms with Crippen LogP contribution in [0, 0.1) is 58.2 Å². The number of fused-ring (bicyclic) bond motifs is 7. The maximum absolute atomic E-state index is 9.72. The van der Waals surface area contributed by atoms with Crippen molar-refractivity contribution in [3.63, 3.8) is 0 Å². The number of methoxy groups -OCH3 is 1. The summed E-state index contributed by atoms with van der Waals surface area (Å²) in [5.41, 5.74) is 1.87. The Morgan fingerprint density at radius 3 is 2.87 bits per heavy atom. The predicted molar refractivity (Wildman–Crippen MR) is 89.0 cm³/mol. The standard InChI is InChI=1S/C21H27NO/c1-21-8-7-15-14-6-4-13(23-2)9-12(14)3-5-16(15)20(21)18-10-17(18)19(21)11-22/h3,9,14-20H,4-8,10H2,1-2H3/t14-,15+,16+,17-,18+,19?,20+,21+/m0/s1. The van der Waals surface area contributed by atoms with Gasteiger partial charge in [-0.05, 0) is 84.7 Å². The maximum Gasteiger partial charge on any atom is 0.0958 e. The summed E-state index contributed by atoms with van der Waals surface area (Å²) in [6.07, 6.45) is 12.4. The summed E-state index contributed by atoms with van der Waals surface area (Å²) >= 11 is 0. The fourth-order valence-electron chi connectivity index (χ4n) is 7.30. The lowest BCUT2D eigenvalue weighted by atomic mass is 9.51. The molecule has 0 heterocycles. The van der Waals surface area contributed by atoms with Gasteiger partial charge >= 0.3 is 0 Å². The molecule has 0 N–H and O–H groups in total. The first kappa shape index (κ1) is 14.1. The fraction of sp³-hybridized carbons (Fsp3) is 0.762. The zero-order valence-corrected chi connectivity index (χ0v) is 14.3. The van der Waals surface area contributed by atoms with Crippen molar-refractivity contribution >= 4 is 0 Å². The van der Waals surface area contributed by atoms with Gasteiger partial charge in [0.05, 0.1) is 24.9 Å². The number of hydrogen-bond donors (Lipinski definition) is 0. The van der Waals surface area contributed by atoms with E-state index in [2.05, 4.69) is 25.1 Å². The van der Waals surface area contributed by atoms with Crippen LogP contribution in [0.1, 0.15) is 45.4 Å². The number of rotatable bonds is 1. The van der Waals surface area contributed by atoms with Crippen LogP contribution in [0.5, 0.6) is 0 Å². The van der Waals surface area contributed by atoms with E-state index in [4.69, 9.17) is 4.74 Å². The van der Waals surface area contributed by atoms with Crippen molar-refractivity contribution < 1.29 is 4.74 Å². The monoisotopic (exact) mass is 309 g/mol. The molecule has 0 bridgehead atoms. The molecule has 3 fully saturated rings. The van der Waals surface area contributed by atoms with Gasteiger partial charge in [-0.1, -0.05) is 13.0 Å². The third-order valence-corrected chi connectivity index (χ3v) is 8.28. The second kappa shape index (κ2) is 4.65. The lowest BCUT2D eigenvalue weighted by molar-refractivity contribution is -0.0183. The Kier molecular flexibility index (Phi) is 2.86. The van der Waals surface area contributed by atoms with E-state index in [0.717, 1.165) is 41.9 Å². The molecule has 0 aromatic rings. The van der Waals surface area contributed by atoms with Gasteiger partial charge in [0.2, 0.25) is 0 Å². The first-order valence-corrected chi connectivity index (χ1v) is 9.51. The molecule has 2 heteroatoms. The highest BCUT2D eigenvalue weighted by Crippen LogP contribution is 2.73. The number of allylic oxidation sites excluding steroid dienone is 4. The fourth-order valence-corrected chi connectivity index (χ4v) is 7.30. The van der Waals surface area contributed by atoms with Crippen molar-refractivity contribution in [2.24, 2.45) is 46.8 Å². The third-order valence-electron chi connectivity index (χ3n) is 8.28. The van der Waals surface area contributed by atoms with Crippen molar-refractivity contribution in [2.75, 3.05) is 7.11 Å². The molecule has 23 heavy (non-hydrogen) atoms. The predicted octanol–water partition coefficient (Wildman–Crippen LogP) is 4.69. The van der Waals surface area contributed by atoms with E-state index < -0.39 is 0 Å². The molecule has 5 aliphatic rings. The summed E-state index contributed by atoms with van der Waals surface area (Å²) in [5, 5.41) is 9.72. The lowest BCUT2D eigenvalue weighted by Crippen LogP contribution is -2.47. The highest BCUT2D eigenvalue weighted by molar-refractivity contribution is 5.32. The van der Waals surface area contributed by atoms with Crippen molar-refractivity contribution in [1.29, 1.82) is 5.26 Å². The Labute approximate surface area is 139 Å². The van der Waals surface area contributed by atoms with Crippen LogP contribution >= 0.6 is 0 Å². The van der Waals surface area contributed by atoms with Gasteiger partial charge in [0.1, 0.15) is 0 Å². The first-order chi connectivity index (χ1) is 11.2. The van der Waals surface area contributed by atoms with Crippen molar-refractivity contribution in [2.45, 2.75) is 45.4 Å². The summed E-state index contributed by atoms with van der Waals surface area (Å²) in [4.78, 5) is 0. The summed E-state index contributed by atoms with van der Waals surface area (Å²) in [6.45, 7) is 2.46. The summed E-state index contributed by atoms with van der Waals surface area (Å²) in [7, 11) is 1.80. The molecule has 8 atom stereocenters. The largest absolute Gasteiger partial charge is 0.501 e. The molecule has 0 amide bonds. The molecule has 5 aliphatic carbocycles. The normalized spacial score (nSPS) is 52.8. The Balaban J connectivity index is 1.49. The van der Waals surface area contributed by atoms with Gasteiger partial charge in [0, 0.05) is 6.42 Å².